The molecule has 0 spiro atoms. The second-order valence-electron chi connectivity index (χ2n) is 4.59. The average Bonchev–Trinajstić information content (AvgIpc) is 2.13. The third-order valence-corrected chi connectivity index (χ3v) is 2.63. The van der Waals surface area contributed by atoms with Gasteiger partial charge in [0.1, 0.15) is 5.60 Å². The Morgan fingerprint density at radius 1 is 1.22 bits per heavy atom. The molecular weight excluding hydrogens is 279 g/mol. The first-order valence-electron chi connectivity index (χ1n) is 5.08. The third kappa shape index (κ3) is 3.37. The molecule has 0 heterocycles. The lowest BCUT2D eigenvalue weighted by atomic mass is 10.1. The van der Waals surface area contributed by atoms with E-state index in [1.54, 1.807) is 20.8 Å². The normalized spacial score (nSPS) is 11.2. The molecule has 0 radical (unpaired) electrons. The quantitative estimate of drug-likeness (QED) is 0.845. The third-order valence-electron chi connectivity index (χ3n) is 1.92. The molecule has 0 aromatic heterocycles. The highest BCUT2D eigenvalue weighted by atomic mass is 35.5. The number of hydrogen-bond acceptors (Lipinski definition) is 3. The molecule has 1 rings (SSSR count). The van der Waals surface area contributed by atoms with E-state index in [1.807, 2.05) is 0 Å². The van der Waals surface area contributed by atoms with E-state index in [0.717, 1.165) is 0 Å². The van der Waals surface area contributed by atoms with Gasteiger partial charge in [0.25, 0.3) is 0 Å². The van der Waals surface area contributed by atoms with Crippen molar-refractivity contribution in [2.45, 2.75) is 26.4 Å². The highest BCUT2D eigenvalue weighted by Gasteiger charge is 2.24. The van der Waals surface area contributed by atoms with Crippen LogP contribution in [0.3, 0.4) is 0 Å². The maximum Gasteiger partial charge on any atom is 0.340 e. The maximum atomic E-state index is 11.8. The summed E-state index contributed by atoms with van der Waals surface area (Å²) in [6.45, 7) is 5.10. The summed E-state index contributed by atoms with van der Waals surface area (Å²) in [6, 6.07) is 2.64. The van der Waals surface area contributed by atoms with E-state index in [-0.39, 0.29) is 21.2 Å². The molecule has 0 atom stereocenters. The van der Waals surface area contributed by atoms with Gasteiger partial charge in [0.15, 0.2) is 0 Å². The van der Waals surface area contributed by atoms with Crippen LogP contribution < -0.4 is 0 Å². The van der Waals surface area contributed by atoms with Crippen LogP contribution in [0.5, 0.6) is 0 Å². The molecule has 18 heavy (non-hydrogen) atoms. The van der Waals surface area contributed by atoms with Gasteiger partial charge < -0.3 is 9.84 Å². The number of rotatable bonds is 2. The fraction of sp³-hybridized carbons (Fsp3) is 0.333. The van der Waals surface area contributed by atoms with E-state index in [2.05, 4.69) is 0 Å². The number of carbonyl (C=O) groups is 2. The van der Waals surface area contributed by atoms with Crippen molar-refractivity contribution in [3.8, 4) is 0 Å². The van der Waals surface area contributed by atoms with E-state index < -0.39 is 17.5 Å². The number of esters is 1. The summed E-state index contributed by atoms with van der Waals surface area (Å²) in [4.78, 5) is 22.8. The fourth-order valence-electron chi connectivity index (χ4n) is 1.24. The maximum absolute atomic E-state index is 11.8. The number of ether oxygens (including phenoxy) is 1. The van der Waals surface area contributed by atoms with E-state index in [0.29, 0.717) is 0 Å². The van der Waals surface area contributed by atoms with E-state index in [1.165, 1.54) is 12.1 Å². The lowest BCUT2D eigenvalue weighted by molar-refractivity contribution is 0.00697. The van der Waals surface area contributed by atoms with Crippen molar-refractivity contribution in [1.82, 2.24) is 0 Å². The lowest BCUT2D eigenvalue weighted by Gasteiger charge is -2.20. The molecule has 4 nitrogen and oxygen atoms in total. The molecule has 0 unspecified atom stereocenters. The first-order valence-corrected chi connectivity index (χ1v) is 5.83. The second kappa shape index (κ2) is 5.16. The molecule has 0 saturated carbocycles. The van der Waals surface area contributed by atoms with E-state index in [4.69, 9.17) is 33.0 Å². The minimum Gasteiger partial charge on any atom is -0.478 e. The SMILES string of the molecule is CC(C)(C)OC(=O)c1ccc(Cl)c(C(=O)O)c1Cl. The van der Waals surface area contributed by atoms with Crippen LogP contribution in [-0.4, -0.2) is 22.6 Å². The van der Waals surface area contributed by atoms with Gasteiger partial charge in [0.2, 0.25) is 0 Å². The molecule has 0 aliphatic rings. The fourth-order valence-corrected chi connectivity index (χ4v) is 1.85. The largest absolute Gasteiger partial charge is 0.478 e. The van der Waals surface area contributed by atoms with Gasteiger partial charge >= 0.3 is 11.9 Å². The van der Waals surface area contributed by atoms with Gasteiger partial charge in [-0.05, 0) is 32.9 Å². The Morgan fingerprint density at radius 3 is 2.22 bits per heavy atom. The topological polar surface area (TPSA) is 63.6 Å². The van der Waals surface area contributed by atoms with Gasteiger partial charge in [-0.2, -0.15) is 0 Å². The predicted molar refractivity (Wildman–Crippen MR) is 68.6 cm³/mol. The van der Waals surface area contributed by atoms with Gasteiger partial charge in [-0.25, -0.2) is 9.59 Å². The predicted octanol–water partition coefficient (Wildman–Crippen LogP) is 3.65. The Bertz CT molecular complexity index is 504. The summed E-state index contributed by atoms with van der Waals surface area (Å²) in [5.74, 6) is -1.98. The highest BCUT2D eigenvalue weighted by molar-refractivity contribution is 6.41. The minimum atomic E-state index is -1.30. The van der Waals surface area contributed by atoms with Crippen molar-refractivity contribution in [3.63, 3.8) is 0 Å². The van der Waals surface area contributed by atoms with Crippen molar-refractivity contribution in [2.24, 2.45) is 0 Å². The molecule has 0 aliphatic carbocycles. The number of halogens is 2. The molecule has 6 heteroatoms. The molecule has 0 bridgehead atoms. The van der Waals surface area contributed by atoms with Gasteiger partial charge in [-0.1, -0.05) is 23.2 Å². The number of carboxylic acid groups (broad SMARTS) is 1. The van der Waals surface area contributed by atoms with E-state index >= 15 is 0 Å². The number of aromatic carboxylic acids is 1. The van der Waals surface area contributed by atoms with Crippen LogP contribution in [-0.2, 0) is 4.74 Å². The Labute approximate surface area is 114 Å². The zero-order chi connectivity index (χ0) is 14.1. The summed E-state index contributed by atoms with van der Waals surface area (Å²) >= 11 is 11.6. The van der Waals surface area contributed by atoms with Crippen LogP contribution in [0.1, 0.15) is 41.5 Å². The second-order valence-corrected chi connectivity index (χ2v) is 5.38. The smallest absolute Gasteiger partial charge is 0.340 e. The molecule has 1 aromatic rings. The van der Waals surface area contributed by atoms with Crippen LogP contribution >= 0.6 is 23.2 Å². The Kier molecular flexibility index (Phi) is 4.24. The summed E-state index contributed by atoms with van der Waals surface area (Å²) in [7, 11) is 0. The molecule has 0 aliphatic heterocycles. The average molecular weight is 291 g/mol. The lowest BCUT2D eigenvalue weighted by Crippen LogP contribution is -2.24. The highest BCUT2D eigenvalue weighted by Crippen LogP contribution is 2.29. The van der Waals surface area contributed by atoms with Crippen molar-refractivity contribution in [3.05, 3.63) is 33.3 Å². The van der Waals surface area contributed by atoms with Crippen molar-refractivity contribution >= 4 is 35.1 Å². The zero-order valence-corrected chi connectivity index (χ0v) is 11.6. The molecule has 0 fully saturated rings. The Balaban J connectivity index is 3.24. The molecular formula is C12H12Cl2O4. The number of carbonyl (C=O) groups excluding carboxylic acids is 1. The van der Waals surface area contributed by atoms with Gasteiger partial charge in [0, 0.05) is 0 Å². The molecule has 0 amide bonds. The standard InChI is InChI=1S/C12H12Cl2O4/c1-12(2,3)18-11(17)6-4-5-7(13)8(9(6)14)10(15)16/h4-5H,1-3H3,(H,15,16). The summed E-state index contributed by atoms with van der Waals surface area (Å²) in [5, 5.41) is 8.72. The summed E-state index contributed by atoms with van der Waals surface area (Å²) < 4.78 is 5.12. The molecule has 1 aromatic carbocycles. The summed E-state index contributed by atoms with van der Waals surface area (Å²) in [5.41, 5.74) is -1.02. The van der Waals surface area contributed by atoms with Crippen molar-refractivity contribution in [2.75, 3.05) is 0 Å². The summed E-state index contributed by atoms with van der Waals surface area (Å²) in [6.07, 6.45) is 0. The molecule has 1 N–H and O–H groups in total. The van der Waals surface area contributed by atoms with Crippen LogP contribution in [0.4, 0.5) is 0 Å². The minimum absolute atomic E-state index is 0.0200. The molecule has 0 saturated heterocycles. The zero-order valence-electron chi connectivity index (χ0n) is 10.1. The van der Waals surface area contributed by atoms with E-state index in [9.17, 15) is 9.59 Å². The monoisotopic (exact) mass is 290 g/mol. The van der Waals surface area contributed by atoms with Crippen LogP contribution in [0.25, 0.3) is 0 Å². The van der Waals surface area contributed by atoms with Crippen LogP contribution in [0.2, 0.25) is 10.0 Å². The van der Waals surface area contributed by atoms with Gasteiger partial charge in [0.05, 0.1) is 21.2 Å². The molecule has 98 valence electrons. The van der Waals surface area contributed by atoms with Crippen LogP contribution in [0.15, 0.2) is 12.1 Å². The number of hydrogen-bond donors (Lipinski definition) is 1. The first kappa shape index (κ1) is 14.8. The van der Waals surface area contributed by atoms with Gasteiger partial charge in [-0.3, -0.25) is 0 Å². The van der Waals surface area contributed by atoms with Crippen molar-refractivity contribution < 1.29 is 19.4 Å². The Morgan fingerprint density at radius 2 is 1.78 bits per heavy atom. The first-order chi connectivity index (χ1) is 8.13. The van der Waals surface area contributed by atoms with Crippen molar-refractivity contribution in [1.29, 1.82) is 0 Å². The van der Waals surface area contributed by atoms with Gasteiger partial charge in [-0.15, -0.1) is 0 Å². The number of carboxylic acids is 1. The number of benzene rings is 1. The Hall–Kier alpha value is -1.26. The van der Waals surface area contributed by atoms with Crippen LogP contribution in [0, 0.1) is 0 Å².